The Labute approximate surface area is 143 Å². The summed E-state index contributed by atoms with van der Waals surface area (Å²) in [6.07, 6.45) is 1.60. The molecule has 2 aromatic rings. The van der Waals surface area contributed by atoms with Crippen LogP contribution in [0.15, 0.2) is 65.2 Å². The van der Waals surface area contributed by atoms with Crippen LogP contribution in [0.2, 0.25) is 5.54 Å². The van der Waals surface area contributed by atoms with Crippen LogP contribution in [0.3, 0.4) is 0 Å². The Bertz CT molecular complexity index is 800. The molecule has 0 radical (unpaired) electrons. The maximum absolute atomic E-state index is 12.3. The lowest BCUT2D eigenvalue weighted by atomic mass is 10.2. The predicted molar refractivity (Wildman–Crippen MR) is 98.0 cm³/mol. The van der Waals surface area contributed by atoms with Crippen molar-refractivity contribution in [2.45, 2.75) is 24.3 Å². The van der Waals surface area contributed by atoms with Crippen LogP contribution in [-0.4, -0.2) is 26.6 Å². The van der Waals surface area contributed by atoms with Gasteiger partial charge in [0.25, 0.3) is 10.0 Å². The predicted octanol–water partition coefficient (Wildman–Crippen LogP) is 2.88. The van der Waals surface area contributed by atoms with Crippen molar-refractivity contribution in [3.8, 4) is 0 Å². The van der Waals surface area contributed by atoms with E-state index in [-0.39, 0.29) is 10.4 Å². The summed E-state index contributed by atoms with van der Waals surface area (Å²) in [6, 6.07) is 14.9. The summed E-state index contributed by atoms with van der Waals surface area (Å²) in [6.45, 7) is 3.50. The zero-order chi connectivity index (χ0) is 17.8. The molecule has 2 rings (SSSR count). The van der Waals surface area contributed by atoms with Crippen LogP contribution in [0.5, 0.6) is 0 Å². The molecule has 0 saturated carbocycles. The third kappa shape index (κ3) is 4.78. The first-order valence-corrected chi connectivity index (χ1v) is 11.1. The van der Waals surface area contributed by atoms with E-state index in [1.54, 1.807) is 56.3 Å². The highest BCUT2D eigenvalue weighted by Gasteiger charge is 2.29. The van der Waals surface area contributed by atoms with E-state index in [9.17, 15) is 18.0 Å². The number of benzene rings is 2. The molecule has 0 aromatic heterocycles. The normalized spacial score (nSPS) is 12.7. The van der Waals surface area contributed by atoms with Crippen LogP contribution in [0.25, 0.3) is 6.08 Å². The Morgan fingerprint density at radius 3 is 2.12 bits per heavy atom. The van der Waals surface area contributed by atoms with E-state index >= 15 is 0 Å². The molecule has 0 unspecified atom stereocenters. The van der Waals surface area contributed by atoms with Gasteiger partial charge in [0.1, 0.15) is 0 Å². The number of hydrogen-bond donors (Lipinski definition) is 3. The highest BCUT2D eigenvalue weighted by atomic mass is 32.2. The molecule has 24 heavy (non-hydrogen) atoms. The molecule has 0 aliphatic rings. The van der Waals surface area contributed by atoms with Crippen LogP contribution in [0.4, 0.5) is 5.69 Å². The van der Waals surface area contributed by atoms with Gasteiger partial charge in [-0.15, -0.1) is 0 Å². The first-order valence-electron chi connectivity index (χ1n) is 7.52. The van der Waals surface area contributed by atoms with E-state index in [1.807, 2.05) is 6.07 Å². The minimum absolute atomic E-state index is 0.142. The smallest absolute Gasteiger partial charge is 0.362 e. The van der Waals surface area contributed by atoms with Crippen molar-refractivity contribution in [3.63, 3.8) is 0 Å². The minimum atomic E-state index is -3.65. The number of nitrogens with one attached hydrogen (secondary N) is 1. The van der Waals surface area contributed by atoms with Gasteiger partial charge in [-0.3, -0.25) is 4.72 Å². The van der Waals surface area contributed by atoms with Crippen LogP contribution >= 0.6 is 0 Å². The molecule has 0 fully saturated rings. The van der Waals surface area contributed by atoms with Crippen LogP contribution in [0.1, 0.15) is 19.4 Å². The van der Waals surface area contributed by atoms with Crippen molar-refractivity contribution >= 4 is 30.3 Å². The summed E-state index contributed by atoms with van der Waals surface area (Å²) in [7, 11) is -7.03. The summed E-state index contributed by atoms with van der Waals surface area (Å²) in [5.41, 5.74) is 2.40. The molecular formula is C17H21NO4SSi. The topological polar surface area (TPSA) is 86.6 Å². The summed E-state index contributed by atoms with van der Waals surface area (Å²) < 4.78 is 27.1. The maximum atomic E-state index is 12.3. The lowest BCUT2D eigenvalue weighted by molar-refractivity contribution is 0.364. The lowest BCUT2D eigenvalue weighted by Gasteiger charge is -2.17. The Balaban J connectivity index is 2.16. The number of rotatable bonds is 6. The molecule has 0 amide bonds. The van der Waals surface area contributed by atoms with Crippen molar-refractivity contribution < 1.29 is 18.0 Å². The highest BCUT2D eigenvalue weighted by Crippen LogP contribution is 2.19. The van der Waals surface area contributed by atoms with Crippen molar-refractivity contribution in [1.82, 2.24) is 0 Å². The monoisotopic (exact) mass is 363 g/mol. The third-order valence-corrected chi connectivity index (χ3v) is 7.34. The fraction of sp³-hybridized carbons (Fsp3) is 0.176. The van der Waals surface area contributed by atoms with Crippen LogP contribution < -0.4 is 4.72 Å². The Morgan fingerprint density at radius 2 is 1.58 bits per heavy atom. The van der Waals surface area contributed by atoms with Crippen molar-refractivity contribution in [2.24, 2.45) is 0 Å². The second-order valence-electron chi connectivity index (χ2n) is 5.81. The molecule has 0 aliphatic carbocycles. The maximum Gasteiger partial charge on any atom is 0.362 e. The molecule has 0 saturated heterocycles. The summed E-state index contributed by atoms with van der Waals surface area (Å²) in [4.78, 5) is 19.9. The summed E-state index contributed by atoms with van der Waals surface area (Å²) >= 11 is 0. The van der Waals surface area contributed by atoms with Crippen molar-refractivity contribution in [3.05, 3.63) is 65.9 Å². The van der Waals surface area contributed by atoms with Gasteiger partial charge in [0, 0.05) is 11.2 Å². The van der Waals surface area contributed by atoms with E-state index in [4.69, 9.17) is 0 Å². The van der Waals surface area contributed by atoms with Gasteiger partial charge in [-0.2, -0.15) is 0 Å². The van der Waals surface area contributed by atoms with E-state index in [2.05, 4.69) is 4.72 Å². The molecule has 0 atom stereocenters. The molecule has 3 N–H and O–H groups in total. The first kappa shape index (κ1) is 18.4. The third-order valence-electron chi connectivity index (χ3n) is 3.59. The molecule has 7 heteroatoms. The zero-order valence-electron chi connectivity index (χ0n) is 13.5. The fourth-order valence-electron chi connectivity index (χ4n) is 1.89. The number of sulfonamides is 1. The molecule has 128 valence electrons. The van der Waals surface area contributed by atoms with E-state index in [1.165, 1.54) is 17.8 Å². The zero-order valence-corrected chi connectivity index (χ0v) is 15.4. The molecule has 0 aliphatic heterocycles. The van der Waals surface area contributed by atoms with Gasteiger partial charge in [0.15, 0.2) is 0 Å². The van der Waals surface area contributed by atoms with Gasteiger partial charge in [-0.05, 0) is 35.5 Å². The number of anilines is 1. The first-order chi connectivity index (χ1) is 11.2. The van der Waals surface area contributed by atoms with Gasteiger partial charge in [0.2, 0.25) is 0 Å². The van der Waals surface area contributed by atoms with E-state index < -0.39 is 18.6 Å². The molecule has 2 aromatic carbocycles. The SMILES string of the molecule is CC(C)[Si](O)(O)/C=C/c1ccc(S(=O)(=O)Nc2ccccc2)cc1. The van der Waals surface area contributed by atoms with E-state index in [0.29, 0.717) is 11.3 Å². The van der Waals surface area contributed by atoms with Gasteiger partial charge >= 0.3 is 8.56 Å². The standard InChI is InChI=1S/C17H21NO4SSi/c1-14(2)24(21,22)13-12-15-8-10-17(11-9-15)23(19,20)18-16-6-4-3-5-7-16/h3-14,18,21-22H,1-2H3/b13-12+. The highest BCUT2D eigenvalue weighted by molar-refractivity contribution is 7.92. The Kier molecular flexibility index (Phi) is 5.61. The second-order valence-corrected chi connectivity index (χ2v) is 10.5. The van der Waals surface area contributed by atoms with Gasteiger partial charge in [0.05, 0.1) is 4.90 Å². The summed E-state index contributed by atoms with van der Waals surface area (Å²) in [5.74, 6) is 0. The second kappa shape index (κ2) is 7.31. The number of hydrogen-bond acceptors (Lipinski definition) is 4. The molecular weight excluding hydrogens is 342 g/mol. The Morgan fingerprint density at radius 1 is 1.00 bits per heavy atom. The average molecular weight is 364 g/mol. The number of para-hydroxylation sites is 1. The molecule has 0 spiro atoms. The van der Waals surface area contributed by atoms with Gasteiger partial charge in [-0.25, -0.2) is 8.42 Å². The molecule has 5 nitrogen and oxygen atoms in total. The quantitative estimate of drug-likeness (QED) is 0.689. The average Bonchev–Trinajstić information content (AvgIpc) is 2.54. The van der Waals surface area contributed by atoms with Crippen LogP contribution in [-0.2, 0) is 10.0 Å². The lowest BCUT2D eigenvalue weighted by Crippen LogP contribution is -2.35. The van der Waals surface area contributed by atoms with Gasteiger partial charge in [-0.1, -0.05) is 50.3 Å². The fourth-order valence-corrected chi connectivity index (χ4v) is 3.77. The van der Waals surface area contributed by atoms with Crippen molar-refractivity contribution in [1.29, 1.82) is 0 Å². The summed E-state index contributed by atoms with van der Waals surface area (Å²) in [5, 5.41) is 0. The molecule has 0 bridgehead atoms. The van der Waals surface area contributed by atoms with Crippen LogP contribution in [0, 0.1) is 0 Å². The Hall–Kier alpha value is -1.93. The molecule has 0 heterocycles. The van der Waals surface area contributed by atoms with Gasteiger partial charge < -0.3 is 9.59 Å². The minimum Gasteiger partial charge on any atom is -0.408 e. The van der Waals surface area contributed by atoms with E-state index in [0.717, 1.165) is 0 Å². The van der Waals surface area contributed by atoms with Crippen molar-refractivity contribution in [2.75, 3.05) is 4.72 Å². The largest absolute Gasteiger partial charge is 0.408 e.